The summed E-state index contributed by atoms with van der Waals surface area (Å²) in [4.78, 5) is 32.8. The molecule has 31 heavy (non-hydrogen) atoms. The van der Waals surface area contributed by atoms with E-state index in [0.717, 1.165) is 42.4 Å². The highest BCUT2D eigenvalue weighted by Crippen LogP contribution is 2.23. The predicted molar refractivity (Wildman–Crippen MR) is 124 cm³/mol. The van der Waals surface area contributed by atoms with E-state index in [1.165, 1.54) is 12.6 Å². The van der Waals surface area contributed by atoms with Gasteiger partial charge in [0.25, 0.3) is 0 Å². The molecule has 2 heterocycles. The first-order chi connectivity index (χ1) is 15.0. The van der Waals surface area contributed by atoms with Crippen molar-refractivity contribution < 1.29 is 9.59 Å². The molecule has 1 aliphatic rings. The van der Waals surface area contributed by atoms with Gasteiger partial charge in [0.2, 0.25) is 11.8 Å². The third-order valence-electron chi connectivity index (χ3n) is 6.19. The van der Waals surface area contributed by atoms with E-state index >= 15 is 0 Å². The molecule has 1 aromatic heterocycles. The number of para-hydroxylation sites is 2. The van der Waals surface area contributed by atoms with E-state index < -0.39 is 6.04 Å². The van der Waals surface area contributed by atoms with E-state index in [9.17, 15) is 9.59 Å². The molecule has 2 amide bonds. The second kappa shape index (κ2) is 9.25. The maximum atomic E-state index is 13.5. The Bertz CT molecular complexity index is 1050. The van der Waals surface area contributed by atoms with Crippen LogP contribution in [0.5, 0.6) is 0 Å². The van der Waals surface area contributed by atoms with Crippen LogP contribution in [0.4, 0.5) is 5.69 Å². The summed E-state index contributed by atoms with van der Waals surface area (Å²) in [7, 11) is 1.87. The first-order valence-corrected chi connectivity index (χ1v) is 10.9. The van der Waals surface area contributed by atoms with Crippen LogP contribution in [0.1, 0.15) is 25.3 Å². The molecule has 4 rings (SSSR count). The number of benzene rings is 2. The first-order valence-electron chi connectivity index (χ1n) is 10.9. The number of anilines is 1. The Morgan fingerprint density at radius 1 is 1.16 bits per heavy atom. The fourth-order valence-corrected chi connectivity index (χ4v) is 4.54. The van der Waals surface area contributed by atoms with Crippen molar-refractivity contribution in [3.8, 4) is 0 Å². The van der Waals surface area contributed by atoms with Crippen LogP contribution in [0.3, 0.4) is 0 Å². The quantitative estimate of drug-likeness (QED) is 0.645. The van der Waals surface area contributed by atoms with Crippen LogP contribution in [0, 0.1) is 0 Å². The van der Waals surface area contributed by atoms with Gasteiger partial charge in [0, 0.05) is 62.3 Å². The lowest BCUT2D eigenvalue weighted by Crippen LogP contribution is -2.55. The van der Waals surface area contributed by atoms with Gasteiger partial charge in [0.1, 0.15) is 6.04 Å². The minimum Gasteiger partial charge on any atom is -0.369 e. The van der Waals surface area contributed by atoms with Gasteiger partial charge in [-0.15, -0.1) is 0 Å². The van der Waals surface area contributed by atoms with Gasteiger partial charge in [-0.3, -0.25) is 9.59 Å². The Balaban J connectivity index is 1.50. The van der Waals surface area contributed by atoms with Crippen LogP contribution in [0.15, 0.2) is 60.8 Å². The lowest BCUT2D eigenvalue weighted by Gasteiger charge is -2.40. The fourth-order valence-electron chi connectivity index (χ4n) is 4.54. The summed E-state index contributed by atoms with van der Waals surface area (Å²) in [5, 5.41) is 3.97. The lowest BCUT2D eigenvalue weighted by atomic mass is 10.00. The molecule has 0 spiro atoms. The SMILES string of the molecule is CC(=O)NC(Cc1c[nH]c2ccccc12)C(=O)N(C)C1CCCN(c2ccccc2)C1. The zero-order chi connectivity index (χ0) is 21.8. The third-order valence-corrected chi connectivity index (χ3v) is 6.19. The number of hydrogen-bond acceptors (Lipinski definition) is 3. The molecule has 3 aromatic rings. The fraction of sp³-hybridized carbons (Fsp3) is 0.360. The molecule has 6 nitrogen and oxygen atoms in total. The van der Waals surface area contributed by atoms with Gasteiger partial charge in [0.15, 0.2) is 0 Å². The summed E-state index contributed by atoms with van der Waals surface area (Å²) < 4.78 is 0. The van der Waals surface area contributed by atoms with Crippen LogP contribution in [0.25, 0.3) is 10.9 Å². The normalized spacial score (nSPS) is 17.4. The summed E-state index contributed by atoms with van der Waals surface area (Å²) in [6, 6.07) is 17.9. The number of aromatic nitrogens is 1. The van der Waals surface area contributed by atoms with Crippen molar-refractivity contribution in [2.45, 2.75) is 38.3 Å². The molecule has 0 saturated carbocycles. The summed E-state index contributed by atoms with van der Waals surface area (Å²) >= 11 is 0. The van der Waals surface area contributed by atoms with Crippen molar-refractivity contribution in [2.75, 3.05) is 25.0 Å². The van der Waals surface area contributed by atoms with Crippen LogP contribution >= 0.6 is 0 Å². The average molecular weight is 419 g/mol. The van der Waals surface area contributed by atoms with E-state index in [2.05, 4.69) is 27.3 Å². The summed E-state index contributed by atoms with van der Waals surface area (Å²) in [5.74, 6) is -0.235. The molecular weight excluding hydrogens is 388 g/mol. The van der Waals surface area contributed by atoms with Gasteiger partial charge in [-0.1, -0.05) is 36.4 Å². The number of H-pyrrole nitrogens is 1. The van der Waals surface area contributed by atoms with Gasteiger partial charge in [-0.2, -0.15) is 0 Å². The lowest BCUT2D eigenvalue weighted by molar-refractivity contribution is -0.136. The van der Waals surface area contributed by atoms with Crippen molar-refractivity contribution in [3.05, 3.63) is 66.4 Å². The maximum absolute atomic E-state index is 13.5. The molecule has 0 bridgehead atoms. The number of rotatable bonds is 6. The monoisotopic (exact) mass is 418 g/mol. The number of hydrogen-bond donors (Lipinski definition) is 2. The highest BCUT2D eigenvalue weighted by atomic mass is 16.2. The topological polar surface area (TPSA) is 68.4 Å². The Labute approximate surface area is 183 Å². The molecule has 1 aliphatic heterocycles. The number of carbonyl (C=O) groups is 2. The minimum absolute atomic E-state index is 0.0413. The Kier molecular flexibility index (Phi) is 6.26. The van der Waals surface area contributed by atoms with Crippen LogP contribution in [0.2, 0.25) is 0 Å². The summed E-state index contributed by atoms with van der Waals surface area (Å²) in [6.45, 7) is 3.26. The van der Waals surface area contributed by atoms with Crippen molar-refractivity contribution >= 4 is 28.4 Å². The predicted octanol–water partition coefficient (Wildman–Crippen LogP) is 3.34. The van der Waals surface area contributed by atoms with E-state index in [4.69, 9.17) is 0 Å². The number of carbonyl (C=O) groups excluding carboxylic acids is 2. The molecular formula is C25H30N4O2. The molecule has 2 aromatic carbocycles. The standard InChI is InChI=1S/C25H30N4O2/c1-18(30)27-24(15-19-16-26-23-13-7-6-12-22(19)23)25(31)28(2)21-11-8-14-29(17-21)20-9-4-3-5-10-20/h3-7,9-10,12-13,16,21,24,26H,8,11,14-15,17H2,1-2H3,(H,27,30). The van der Waals surface area contributed by atoms with E-state index in [0.29, 0.717) is 6.42 Å². The number of nitrogens with zero attached hydrogens (tertiary/aromatic N) is 2. The van der Waals surface area contributed by atoms with E-state index in [1.54, 1.807) is 0 Å². The van der Waals surface area contributed by atoms with E-state index in [1.807, 2.05) is 60.6 Å². The van der Waals surface area contributed by atoms with Crippen LogP contribution in [-0.4, -0.2) is 53.9 Å². The number of fused-ring (bicyclic) bond motifs is 1. The van der Waals surface area contributed by atoms with Gasteiger partial charge < -0.3 is 20.1 Å². The van der Waals surface area contributed by atoms with Gasteiger partial charge in [0.05, 0.1) is 0 Å². The molecule has 2 unspecified atom stereocenters. The molecule has 162 valence electrons. The molecule has 1 fully saturated rings. The Morgan fingerprint density at radius 2 is 1.90 bits per heavy atom. The number of amides is 2. The van der Waals surface area contributed by atoms with E-state index in [-0.39, 0.29) is 17.9 Å². The molecule has 0 radical (unpaired) electrons. The Hall–Kier alpha value is -3.28. The zero-order valence-electron chi connectivity index (χ0n) is 18.2. The van der Waals surface area contributed by atoms with Crippen molar-refractivity contribution in [1.29, 1.82) is 0 Å². The second-order valence-corrected chi connectivity index (χ2v) is 8.34. The number of nitrogens with one attached hydrogen (secondary N) is 2. The highest BCUT2D eigenvalue weighted by molar-refractivity contribution is 5.89. The van der Waals surface area contributed by atoms with Crippen molar-refractivity contribution in [3.63, 3.8) is 0 Å². The van der Waals surface area contributed by atoms with Gasteiger partial charge in [-0.05, 0) is 36.6 Å². The van der Waals surface area contributed by atoms with Crippen molar-refractivity contribution in [2.24, 2.45) is 0 Å². The van der Waals surface area contributed by atoms with Gasteiger partial charge in [-0.25, -0.2) is 0 Å². The maximum Gasteiger partial charge on any atom is 0.245 e. The van der Waals surface area contributed by atoms with Gasteiger partial charge >= 0.3 is 0 Å². The smallest absolute Gasteiger partial charge is 0.245 e. The number of aromatic amines is 1. The number of piperidine rings is 1. The summed E-state index contributed by atoms with van der Waals surface area (Å²) in [6.07, 6.45) is 4.39. The molecule has 2 N–H and O–H groups in total. The molecule has 2 atom stereocenters. The molecule has 6 heteroatoms. The zero-order valence-corrected chi connectivity index (χ0v) is 18.2. The number of likely N-dealkylation sites (N-methyl/N-ethyl adjacent to an activating group) is 1. The second-order valence-electron chi connectivity index (χ2n) is 8.34. The summed E-state index contributed by atoms with van der Waals surface area (Å²) in [5.41, 5.74) is 3.25. The molecule has 0 aliphatic carbocycles. The largest absolute Gasteiger partial charge is 0.369 e. The Morgan fingerprint density at radius 3 is 2.68 bits per heavy atom. The molecule has 1 saturated heterocycles. The van der Waals surface area contributed by atoms with Crippen molar-refractivity contribution in [1.82, 2.24) is 15.2 Å². The highest BCUT2D eigenvalue weighted by Gasteiger charge is 2.31. The average Bonchev–Trinajstić information content (AvgIpc) is 3.21. The van der Waals surface area contributed by atoms with Crippen LogP contribution in [-0.2, 0) is 16.0 Å². The first kappa shape index (κ1) is 21.0. The third kappa shape index (κ3) is 4.74. The van der Waals surface area contributed by atoms with Crippen LogP contribution < -0.4 is 10.2 Å². The minimum atomic E-state index is -0.589.